The highest BCUT2D eigenvalue weighted by atomic mass is 16.5. The Labute approximate surface area is 136 Å². The Kier molecular flexibility index (Phi) is 5.57. The van der Waals surface area contributed by atoms with Gasteiger partial charge in [0.15, 0.2) is 5.78 Å². The number of carbonyl (C=O) groups is 2. The highest BCUT2D eigenvalue weighted by Crippen LogP contribution is 2.20. The number of hydrogen-bond acceptors (Lipinski definition) is 3. The van der Waals surface area contributed by atoms with Crippen LogP contribution >= 0.6 is 0 Å². The average molecular weight is 314 g/mol. The van der Waals surface area contributed by atoms with Crippen LogP contribution in [0.5, 0.6) is 5.75 Å². The predicted molar refractivity (Wildman–Crippen MR) is 89.2 cm³/mol. The number of aryl methyl sites for hydroxylation is 1. The number of carbonyl (C=O) groups excluding carboxylic acids is 2. The number of hydrogen-bond donors (Lipinski definition) is 2. The van der Waals surface area contributed by atoms with E-state index in [1.54, 1.807) is 0 Å². The number of rotatable bonds is 7. The molecule has 0 aliphatic heterocycles. The van der Waals surface area contributed by atoms with Crippen LogP contribution in [-0.2, 0) is 6.42 Å². The fraction of sp³-hybridized carbons (Fsp3) is 0.333. The summed E-state index contributed by atoms with van der Waals surface area (Å²) in [6.45, 7) is 6.04. The van der Waals surface area contributed by atoms with E-state index in [9.17, 15) is 9.59 Å². The van der Waals surface area contributed by atoms with E-state index in [4.69, 9.17) is 4.74 Å². The second kappa shape index (κ2) is 7.63. The number of para-hydroxylation sites is 1. The van der Waals surface area contributed by atoms with Crippen LogP contribution in [0.2, 0.25) is 0 Å². The van der Waals surface area contributed by atoms with Gasteiger partial charge in [-0.3, -0.25) is 9.59 Å². The summed E-state index contributed by atoms with van der Waals surface area (Å²) in [6.07, 6.45) is 0.628. The molecule has 0 saturated carbocycles. The third-order valence-electron chi connectivity index (χ3n) is 3.62. The monoisotopic (exact) mass is 314 g/mol. The van der Waals surface area contributed by atoms with E-state index >= 15 is 0 Å². The highest BCUT2D eigenvalue weighted by molar-refractivity contribution is 6.02. The lowest BCUT2D eigenvalue weighted by molar-refractivity contribution is 0.0941. The van der Waals surface area contributed by atoms with Gasteiger partial charge in [-0.1, -0.05) is 25.1 Å². The Bertz CT molecular complexity index is 690. The van der Waals surface area contributed by atoms with Gasteiger partial charge >= 0.3 is 0 Å². The minimum Gasteiger partial charge on any atom is -0.492 e. The number of aromatic nitrogens is 1. The van der Waals surface area contributed by atoms with E-state index < -0.39 is 0 Å². The van der Waals surface area contributed by atoms with Crippen molar-refractivity contribution in [3.63, 3.8) is 0 Å². The minimum absolute atomic E-state index is 0.0259. The topological polar surface area (TPSA) is 71.2 Å². The second-order valence-corrected chi connectivity index (χ2v) is 5.31. The molecule has 0 spiro atoms. The Morgan fingerprint density at radius 2 is 1.91 bits per heavy atom. The van der Waals surface area contributed by atoms with Crippen molar-refractivity contribution in [1.82, 2.24) is 10.3 Å². The molecule has 0 unspecified atom stereocenters. The zero-order valence-electron chi connectivity index (χ0n) is 13.7. The molecule has 0 atom stereocenters. The molecule has 0 radical (unpaired) electrons. The van der Waals surface area contributed by atoms with Gasteiger partial charge in [-0.25, -0.2) is 0 Å². The van der Waals surface area contributed by atoms with E-state index in [1.807, 2.05) is 44.2 Å². The third kappa shape index (κ3) is 4.00. The molecule has 23 heavy (non-hydrogen) atoms. The summed E-state index contributed by atoms with van der Waals surface area (Å²) in [5.74, 6) is 0.529. The van der Waals surface area contributed by atoms with E-state index in [-0.39, 0.29) is 11.7 Å². The average Bonchev–Trinajstić information content (AvgIpc) is 2.89. The summed E-state index contributed by atoms with van der Waals surface area (Å²) >= 11 is 0. The van der Waals surface area contributed by atoms with Gasteiger partial charge in [-0.15, -0.1) is 0 Å². The maximum atomic E-state index is 12.3. The fourth-order valence-corrected chi connectivity index (χ4v) is 2.64. The molecule has 0 saturated heterocycles. The van der Waals surface area contributed by atoms with Crippen molar-refractivity contribution in [3.05, 3.63) is 52.8 Å². The van der Waals surface area contributed by atoms with Gasteiger partial charge < -0.3 is 15.0 Å². The summed E-state index contributed by atoms with van der Waals surface area (Å²) in [4.78, 5) is 27.1. The molecule has 2 N–H and O–H groups in total. The van der Waals surface area contributed by atoms with Crippen LogP contribution in [0.3, 0.4) is 0 Å². The maximum Gasteiger partial charge on any atom is 0.268 e. The van der Waals surface area contributed by atoms with Crippen molar-refractivity contribution in [3.8, 4) is 5.75 Å². The summed E-state index contributed by atoms with van der Waals surface area (Å²) in [7, 11) is 0. The van der Waals surface area contributed by atoms with Gasteiger partial charge in [0.25, 0.3) is 5.91 Å². The van der Waals surface area contributed by atoms with Crippen LogP contribution < -0.4 is 10.1 Å². The molecule has 122 valence electrons. The van der Waals surface area contributed by atoms with Crippen molar-refractivity contribution in [2.45, 2.75) is 27.2 Å². The molecule has 5 heteroatoms. The predicted octanol–water partition coefficient (Wildman–Crippen LogP) is 2.90. The largest absolute Gasteiger partial charge is 0.492 e. The number of ether oxygens (including phenoxy) is 1. The lowest BCUT2D eigenvalue weighted by atomic mass is 10.0. The van der Waals surface area contributed by atoms with E-state index in [2.05, 4.69) is 10.3 Å². The number of Topliss-reactive ketones (excluding diaryl/α,β-unsaturated/α-hetero) is 1. The number of nitrogens with one attached hydrogen (secondary N) is 2. The van der Waals surface area contributed by atoms with E-state index in [1.165, 1.54) is 6.92 Å². The second-order valence-electron chi connectivity index (χ2n) is 5.31. The van der Waals surface area contributed by atoms with Crippen molar-refractivity contribution in [2.75, 3.05) is 13.2 Å². The molecule has 2 rings (SSSR count). The number of H-pyrrole nitrogens is 1. The number of aromatic amines is 1. The quantitative estimate of drug-likeness (QED) is 0.610. The smallest absolute Gasteiger partial charge is 0.268 e. The first kappa shape index (κ1) is 16.8. The van der Waals surface area contributed by atoms with Crippen LogP contribution in [0.25, 0.3) is 0 Å². The van der Waals surface area contributed by atoms with Crippen LogP contribution in [-0.4, -0.2) is 29.8 Å². The molecule has 5 nitrogen and oxygen atoms in total. The number of amides is 1. The molecule has 0 bridgehead atoms. The summed E-state index contributed by atoms with van der Waals surface area (Å²) < 4.78 is 5.54. The molecular weight excluding hydrogens is 292 g/mol. The Morgan fingerprint density at radius 1 is 1.22 bits per heavy atom. The first-order valence-corrected chi connectivity index (χ1v) is 7.73. The molecule has 0 aliphatic rings. The first-order valence-electron chi connectivity index (χ1n) is 7.73. The van der Waals surface area contributed by atoms with Gasteiger partial charge in [0.1, 0.15) is 18.1 Å². The number of ketones is 1. The van der Waals surface area contributed by atoms with Gasteiger partial charge in [0.2, 0.25) is 0 Å². The minimum atomic E-state index is -0.214. The lowest BCUT2D eigenvalue weighted by Crippen LogP contribution is -2.29. The highest BCUT2D eigenvalue weighted by Gasteiger charge is 2.21. The zero-order chi connectivity index (χ0) is 16.8. The van der Waals surface area contributed by atoms with Gasteiger partial charge in [0.05, 0.1) is 6.54 Å². The third-order valence-corrected chi connectivity index (χ3v) is 3.62. The maximum absolute atomic E-state index is 12.3. The van der Waals surface area contributed by atoms with Crippen LogP contribution in [0.15, 0.2) is 30.3 Å². The molecule has 1 amide bonds. The Morgan fingerprint density at radius 3 is 2.52 bits per heavy atom. The van der Waals surface area contributed by atoms with Gasteiger partial charge in [-0.2, -0.15) is 0 Å². The normalized spacial score (nSPS) is 10.4. The first-order chi connectivity index (χ1) is 11.0. The lowest BCUT2D eigenvalue weighted by Gasteiger charge is -2.08. The molecule has 0 aliphatic carbocycles. The van der Waals surface area contributed by atoms with E-state index in [0.717, 1.165) is 17.0 Å². The SMILES string of the molecule is CCc1c(C(=O)NCCOc2ccccc2)[nH]c(C)c1C(C)=O. The molecule has 2 aromatic rings. The Balaban J connectivity index is 1.96. The molecule has 0 fully saturated rings. The molecule has 1 aromatic heterocycles. The number of benzene rings is 1. The zero-order valence-corrected chi connectivity index (χ0v) is 13.7. The standard InChI is InChI=1S/C18H22N2O3/c1-4-15-16(13(3)21)12(2)20-17(15)18(22)19-10-11-23-14-8-6-5-7-9-14/h5-9,20H,4,10-11H2,1-3H3,(H,19,22). The van der Waals surface area contributed by atoms with Crippen molar-refractivity contribution >= 4 is 11.7 Å². The fourth-order valence-electron chi connectivity index (χ4n) is 2.64. The van der Waals surface area contributed by atoms with Crippen LogP contribution in [0.1, 0.15) is 46.0 Å². The molecular formula is C18H22N2O3. The van der Waals surface area contributed by atoms with Gasteiger partial charge in [-0.05, 0) is 38.0 Å². The van der Waals surface area contributed by atoms with Crippen molar-refractivity contribution in [2.24, 2.45) is 0 Å². The van der Waals surface area contributed by atoms with Crippen LogP contribution in [0, 0.1) is 6.92 Å². The van der Waals surface area contributed by atoms with Crippen molar-refractivity contribution in [1.29, 1.82) is 0 Å². The summed E-state index contributed by atoms with van der Waals surface area (Å²) in [6, 6.07) is 9.44. The molecule has 1 heterocycles. The molecule has 1 aromatic carbocycles. The van der Waals surface area contributed by atoms with Crippen molar-refractivity contribution < 1.29 is 14.3 Å². The van der Waals surface area contributed by atoms with E-state index in [0.29, 0.717) is 30.8 Å². The van der Waals surface area contributed by atoms with Crippen LogP contribution in [0.4, 0.5) is 0 Å². The summed E-state index contributed by atoms with van der Waals surface area (Å²) in [5, 5.41) is 2.82. The Hall–Kier alpha value is -2.56. The summed E-state index contributed by atoms with van der Waals surface area (Å²) in [5.41, 5.74) is 2.60. The van der Waals surface area contributed by atoms with Gasteiger partial charge in [0, 0.05) is 11.3 Å².